The summed E-state index contributed by atoms with van der Waals surface area (Å²) in [6.45, 7) is 0. The lowest BCUT2D eigenvalue weighted by molar-refractivity contribution is 0.855. The fourth-order valence-electron chi connectivity index (χ4n) is 1.41. The van der Waals surface area contributed by atoms with Crippen LogP contribution in [0.5, 0.6) is 0 Å². The van der Waals surface area contributed by atoms with Crippen molar-refractivity contribution in [1.29, 1.82) is 0 Å². The summed E-state index contributed by atoms with van der Waals surface area (Å²) in [5, 5.41) is 0. The second-order valence-corrected chi connectivity index (χ2v) is 4.03. The number of hydrogen-bond acceptors (Lipinski definition) is 2. The van der Waals surface area contributed by atoms with Gasteiger partial charge in [0.05, 0.1) is 10.6 Å². The lowest BCUT2D eigenvalue weighted by atomic mass is 10.2. The smallest absolute Gasteiger partial charge is 0.185 e. The molecule has 0 bridgehead atoms. The molecule has 0 unspecified atom stereocenters. The Morgan fingerprint density at radius 2 is 1.86 bits per heavy atom. The number of hydrogen-bond donors (Lipinski definition) is 0. The average Bonchev–Trinajstić information content (AvgIpc) is 2.42. The second kappa shape index (κ2) is 3.80. The maximum absolute atomic E-state index is 4.23. The summed E-state index contributed by atoms with van der Waals surface area (Å²) < 4.78 is 2.11. The van der Waals surface area contributed by atoms with Gasteiger partial charge in [0.2, 0.25) is 0 Å². The number of allylic oxidation sites excluding steroid dienone is 4. The first-order chi connectivity index (χ1) is 6.83. The van der Waals surface area contributed by atoms with Gasteiger partial charge in [0.15, 0.2) is 4.80 Å². The summed E-state index contributed by atoms with van der Waals surface area (Å²) >= 11 is 1.71. The van der Waals surface area contributed by atoms with Crippen molar-refractivity contribution in [3.05, 3.63) is 39.7 Å². The highest BCUT2D eigenvalue weighted by Gasteiger charge is 2.05. The van der Waals surface area contributed by atoms with Crippen molar-refractivity contribution >= 4 is 23.5 Å². The Kier molecular flexibility index (Phi) is 2.50. The molecule has 14 heavy (non-hydrogen) atoms. The normalized spacial score (nSPS) is 22.3. The van der Waals surface area contributed by atoms with E-state index < -0.39 is 0 Å². The molecule has 0 amide bonds. The third kappa shape index (κ3) is 1.51. The minimum absolute atomic E-state index is 1.05. The Hall–Kier alpha value is -1.35. The van der Waals surface area contributed by atoms with Gasteiger partial charge >= 0.3 is 0 Å². The van der Waals surface area contributed by atoms with Gasteiger partial charge in [-0.25, -0.2) is 0 Å². The van der Waals surface area contributed by atoms with Gasteiger partial charge in [-0.15, -0.1) is 0 Å². The molecule has 1 heterocycles. The van der Waals surface area contributed by atoms with Gasteiger partial charge in [-0.2, -0.15) is 0 Å². The molecule has 0 aliphatic heterocycles. The van der Waals surface area contributed by atoms with Crippen LogP contribution in [-0.2, 0) is 7.05 Å². The molecule has 0 radical (unpaired) electrons. The minimum atomic E-state index is 1.05. The van der Waals surface area contributed by atoms with Crippen LogP contribution < -0.4 is 4.80 Å². The molecule has 1 aromatic heterocycles. The van der Waals surface area contributed by atoms with E-state index in [-0.39, 0.29) is 0 Å². The Morgan fingerprint density at radius 3 is 2.57 bits per heavy atom. The highest BCUT2D eigenvalue weighted by atomic mass is 32.1. The number of nitrogens with zero attached hydrogens (tertiary/aromatic N) is 2. The van der Waals surface area contributed by atoms with E-state index in [2.05, 4.69) is 33.9 Å². The monoisotopic (exact) mass is 204 g/mol. The van der Waals surface area contributed by atoms with Crippen LogP contribution in [0.15, 0.2) is 29.3 Å². The predicted molar refractivity (Wildman–Crippen MR) is 62.0 cm³/mol. The molecule has 72 valence electrons. The second-order valence-electron chi connectivity index (χ2n) is 3.02. The fraction of sp³-hybridized carbons (Fsp3) is 0.182. The fourth-order valence-corrected chi connectivity index (χ4v) is 2.39. The summed E-state index contributed by atoms with van der Waals surface area (Å²) in [4.78, 5) is 6.54. The van der Waals surface area contributed by atoms with Crippen molar-refractivity contribution in [3.63, 3.8) is 0 Å². The van der Waals surface area contributed by atoms with E-state index >= 15 is 0 Å². The van der Waals surface area contributed by atoms with Gasteiger partial charge in [-0.1, -0.05) is 35.6 Å². The molecule has 0 atom stereocenters. The standard InChI is InChI=1S/C11H12N2S/c1-12-11-13(2)9-7-5-3-4-6-8-10(9)14-11/h3-8H,1-2H3/b4-3-,5-3?,6-4?,7-5-,8-6-,9-7?,10-8?,12-11+. The van der Waals surface area contributed by atoms with Crippen molar-refractivity contribution in [1.82, 2.24) is 4.57 Å². The van der Waals surface area contributed by atoms with Gasteiger partial charge in [0.25, 0.3) is 0 Å². The van der Waals surface area contributed by atoms with Gasteiger partial charge in [0.1, 0.15) is 0 Å². The molecular formula is C11H12N2S. The zero-order valence-electron chi connectivity index (χ0n) is 8.27. The number of thiazole rings is 1. The Bertz CT molecular complexity index is 484. The van der Waals surface area contributed by atoms with E-state index in [9.17, 15) is 0 Å². The first kappa shape index (κ1) is 9.21. The Labute approximate surface area is 87.2 Å². The minimum Gasteiger partial charge on any atom is -0.320 e. The number of rotatable bonds is 0. The van der Waals surface area contributed by atoms with Crippen LogP contribution in [0.3, 0.4) is 0 Å². The highest BCUT2D eigenvalue weighted by molar-refractivity contribution is 7.10. The van der Waals surface area contributed by atoms with Gasteiger partial charge in [-0.05, 0) is 12.2 Å². The summed E-state index contributed by atoms with van der Waals surface area (Å²) in [7, 11) is 3.87. The van der Waals surface area contributed by atoms with Crippen LogP contribution in [0, 0.1) is 0 Å². The molecule has 1 aromatic rings. The van der Waals surface area contributed by atoms with Crippen LogP contribution >= 0.6 is 11.3 Å². The Morgan fingerprint density at radius 1 is 1.14 bits per heavy atom. The summed E-state index contributed by atoms with van der Waals surface area (Å²) in [6, 6.07) is 0. The van der Waals surface area contributed by atoms with Gasteiger partial charge in [0, 0.05) is 14.1 Å². The van der Waals surface area contributed by atoms with Crippen LogP contribution in [0.1, 0.15) is 10.6 Å². The SMILES string of the molecule is C/N=c1/sc2c(n1C)\C=C/C=C\C=C/2. The van der Waals surface area contributed by atoms with Gasteiger partial charge in [-0.3, -0.25) is 4.99 Å². The zero-order chi connectivity index (χ0) is 9.97. The molecule has 1 aliphatic rings. The first-order valence-corrected chi connectivity index (χ1v) is 5.28. The molecule has 0 saturated carbocycles. The topological polar surface area (TPSA) is 17.3 Å². The average molecular weight is 204 g/mol. The van der Waals surface area contributed by atoms with E-state index in [1.807, 2.05) is 26.2 Å². The number of fused-ring (bicyclic) bond motifs is 1. The van der Waals surface area contributed by atoms with Crippen LogP contribution in [0.25, 0.3) is 12.2 Å². The van der Waals surface area contributed by atoms with Crippen LogP contribution in [0.2, 0.25) is 0 Å². The summed E-state index contributed by atoms with van der Waals surface area (Å²) in [5.74, 6) is 0. The van der Waals surface area contributed by atoms with Crippen molar-refractivity contribution in [2.45, 2.75) is 0 Å². The zero-order valence-corrected chi connectivity index (χ0v) is 9.08. The first-order valence-electron chi connectivity index (χ1n) is 4.47. The van der Waals surface area contributed by atoms with E-state index in [0.717, 1.165) is 4.80 Å². The molecule has 0 saturated heterocycles. The van der Waals surface area contributed by atoms with Crippen LogP contribution in [-0.4, -0.2) is 11.6 Å². The third-order valence-electron chi connectivity index (χ3n) is 2.13. The molecule has 3 heteroatoms. The maximum atomic E-state index is 4.23. The quantitative estimate of drug-likeness (QED) is 0.616. The van der Waals surface area contributed by atoms with Crippen LogP contribution in [0.4, 0.5) is 0 Å². The summed E-state index contributed by atoms with van der Waals surface area (Å²) in [5.41, 5.74) is 1.22. The van der Waals surface area contributed by atoms with E-state index in [1.54, 1.807) is 11.3 Å². The molecule has 2 rings (SSSR count). The molecular weight excluding hydrogens is 192 g/mol. The maximum Gasteiger partial charge on any atom is 0.185 e. The lowest BCUT2D eigenvalue weighted by Gasteiger charge is -1.98. The van der Waals surface area contributed by atoms with Crippen molar-refractivity contribution in [3.8, 4) is 0 Å². The van der Waals surface area contributed by atoms with E-state index in [4.69, 9.17) is 0 Å². The van der Waals surface area contributed by atoms with Crippen molar-refractivity contribution < 1.29 is 0 Å². The molecule has 2 nitrogen and oxygen atoms in total. The molecule has 0 fully saturated rings. The lowest BCUT2D eigenvalue weighted by Crippen LogP contribution is -2.10. The molecule has 0 aromatic carbocycles. The van der Waals surface area contributed by atoms with E-state index in [0.29, 0.717) is 0 Å². The molecule has 1 aliphatic carbocycles. The summed E-state index contributed by atoms with van der Waals surface area (Å²) in [6.07, 6.45) is 12.4. The molecule has 0 N–H and O–H groups in total. The molecule has 0 spiro atoms. The van der Waals surface area contributed by atoms with Crippen molar-refractivity contribution in [2.75, 3.05) is 7.05 Å². The third-order valence-corrected chi connectivity index (χ3v) is 3.33. The highest BCUT2D eigenvalue weighted by Crippen LogP contribution is 2.17. The van der Waals surface area contributed by atoms with Gasteiger partial charge < -0.3 is 4.57 Å². The largest absolute Gasteiger partial charge is 0.320 e. The predicted octanol–water partition coefficient (Wildman–Crippen LogP) is 2.21. The van der Waals surface area contributed by atoms with Crippen molar-refractivity contribution in [2.24, 2.45) is 12.0 Å². The Balaban J connectivity index is 2.69. The van der Waals surface area contributed by atoms with E-state index in [1.165, 1.54) is 10.6 Å². The number of aromatic nitrogens is 1.